The molecule has 1 rings (SSSR count). The van der Waals surface area contributed by atoms with E-state index in [1.165, 1.54) is 0 Å². The van der Waals surface area contributed by atoms with E-state index in [4.69, 9.17) is 0 Å². The fourth-order valence-corrected chi connectivity index (χ4v) is 2.17. The van der Waals surface area contributed by atoms with Crippen molar-refractivity contribution in [3.8, 4) is 0 Å². The van der Waals surface area contributed by atoms with Gasteiger partial charge in [0.25, 0.3) is 0 Å². The molecule has 0 radical (unpaired) electrons. The summed E-state index contributed by atoms with van der Waals surface area (Å²) in [6.45, 7) is 6.25. The molecule has 0 bridgehead atoms. The molecule has 1 aliphatic heterocycles. The number of allylic oxidation sites excluding steroid dienone is 1. The van der Waals surface area contributed by atoms with Crippen molar-refractivity contribution in [2.45, 2.75) is 51.2 Å². The summed E-state index contributed by atoms with van der Waals surface area (Å²) in [5.41, 5.74) is 0. The van der Waals surface area contributed by atoms with Gasteiger partial charge < -0.3 is 10.0 Å². The highest BCUT2D eigenvalue weighted by Crippen LogP contribution is 2.22. The van der Waals surface area contributed by atoms with Crippen molar-refractivity contribution in [3.63, 3.8) is 0 Å². The van der Waals surface area contributed by atoms with E-state index in [0.29, 0.717) is 12.8 Å². The van der Waals surface area contributed by atoms with E-state index in [1.54, 1.807) is 13.0 Å². The topological polar surface area (TPSA) is 40.5 Å². The van der Waals surface area contributed by atoms with Crippen molar-refractivity contribution in [2.75, 3.05) is 6.54 Å². The molecule has 1 heterocycles. The van der Waals surface area contributed by atoms with Gasteiger partial charge in [-0.2, -0.15) is 0 Å². The van der Waals surface area contributed by atoms with Crippen molar-refractivity contribution in [2.24, 2.45) is 0 Å². The highest BCUT2D eigenvalue weighted by atomic mass is 16.3. The van der Waals surface area contributed by atoms with Crippen LogP contribution < -0.4 is 0 Å². The molecule has 0 saturated carbocycles. The average Bonchev–Trinajstić information content (AvgIpc) is 2.61. The van der Waals surface area contributed by atoms with E-state index in [-0.39, 0.29) is 18.1 Å². The Morgan fingerprint density at radius 2 is 2.47 bits per heavy atom. The third-order valence-electron chi connectivity index (χ3n) is 2.87. The Labute approximate surface area is 91.8 Å². The normalized spacial score (nSPS) is 22.8. The molecule has 1 N–H and O–H groups in total. The Bertz CT molecular complexity index is 226. The largest absolute Gasteiger partial charge is 0.393 e. The summed E-state index contributed by atoms with van der Waals surface area (Å²) in [4.78, 5) is 13.7. The van der Waals surface area contributed by atoms with Gasteiger partial charge >= 0.3 is 0 Å². The van der Waals surface area contributed by atoms with Crippen molar-refractivity contribution < 1.29 is 9.90 Å². The molecule has 0 aliphatic carbocycles. The smallest absolute Gasteiger partial charge is 0.223 e. The van der Waals surface area contributed by atoms with Crippen LogP contribution in [0.1, 0.15) is 39.0 Å². The van der Waals surface area contributed by atoms with Crippen LogP contribution in [0.3, 0.4) is 0 Å². The van der Waals surface area contributed by atoms with E-state index in [1.807, 2.05) is 4.90 Å². The van der Waals surface area contributed by atoms with E-state index >= 15 is 0 Å². The molecular formula is C12H21NO2. The predicted octanol–water partition coefficient (Wildman–Crippen LogP) is 1.71. The SMILES string of the molecule is C=CCCC(=O)N1CCC[C@H]1C[C@H](C)O. The maximum atomic E-state index is 11.8. The molecule has 3 heteroatoms. The minimum absolute atomic E-state index is 0.207. The number of nitrogens with zero attached hydrogens (tertiary/aromatic N) is 1. The molecule has 0 aromatic carbocycles. The van der Waals surface area contributed by atoms with Crippen molar-refractivity contribution in [1.82, 2.24) is 4.90 Å². The first-order chi connectivity index (χ1) is 7.15. The summed E-state index contributed by atoms with van der Waals surface area (Å²) in [6.07, 6.45) is 5.57. The van der Waals surface area contributed by atoms with Gasteiger partial charge in [-0.05, 0) is 32.6 Å². The van der Waals surface area contributed by atoms with Gasteiger partial charge in [-0.15, -0.1) is 6.58 Å². The van der Waals surface area contributed by atoms with E-state index in [0.717, 1.165) is 25.8 Å². The van der Waals surface area contributed by atoms with Gasteiger partial charge in [-0.1, -0.05) is 6.08 Å². The van der Waals surface area contributed by atoms with Gasteiger partial charge in [-0.25, -0.2) is 0 Å². The van der Waals surface area contributed by atoms with Gasteiger partial charge in [-0.3, -0.25) is 4.79 Å². The average molecular weight is 211 g/mol. The summed E-state index contributed by atoms with van der Waals surface area (Å²) in [5.74, 6) is 0.207. The summed E-state index contributed by atoms with van der Waals surface area (Å²) in [6, 6.07) is 0.252. The van der Waals surface area contributed by atoms with E-state index in [9.17, 15) is 9.90 Å². The molecule has 0 spiro atoms. The molecule has 1 saturated heterocycles. The molecule has 1 amide bonds. The quantitative estimate of drug-likeness (QED) is 0.703. The number of amides is 1. The molecule has 0 aromatic heterocycles. The van der Waals surface area contributed by atoms with Crippen LogP contribution in [-0.2, 0) is 4.79 Å². The molecule has 1 aliphatic rings. The third-order valence-corrected chi connectivity index (χ3v) is 2.87. The lowest BCUT2D eigenvalue weighted by Gasteiger charge is -2.25. The maximum absolute atomic E-state index is 11.8. The fraction of sp³-hybridized carbons (Fsp3) is 0.750. The molecule has 3 nitrogen and oxygen atoms in total. The van der Waals surface area contributed by atoms with Crippen LogP contribution in [0.2, 0.25) is 0 Å². The van der Waals surface area contributed by atoms with Gasteiger partial charge in [0, 0.05) is 19.0 Å². The zero-order valence-electron chi connectivity index (χ0n) is 9.48. The first-order valence-corrected chi connectivity index (χ1v) is 5.73. The summed E-state index contributed by atoms with van der Waals surface area (Å²) in [5, 5.41) is 9.33. The lowest BCUT2D eigenvalue weighted by atomic mass is 10.1. The Morgan fingerprint density at radius 1 is 1.73 bits per heavy atom. The molecule has 0 unspecified atom stereocenters. The van der Waals surface area contributed by atoms with Crippen molar-refractivity contribution in [3.05, 3.63) is 12.7 Å². The van der Waals surface area contributed by atoms with Crippen LogP contribution in [0, 0.1) is 0 Å². The molecule has 2 atom stereocenters. The van der Waals surface area contributed by atoms with Gasteiger partial charge in [0.05, 0.1) is 6.10 Å². The predicted molar refractivity (Wildman–Crippen MR) is 60.5 cm³/mol. The van der Waals surface area contributed by atoms with E-state index < -0.39 is 0 Å². The van der Waals surface area contributed by atoms with Crippen LogP contribution in [0.15, 0.2) is 12.7 Å². The first kappa shape index (κ1) is 12.2. The Balaban J connectivity index is 2.44. The Hall–Kier alpha value is -0.830. The Kier molecular flexibility index (Phi) is 4.82. The number of hydrogen-bond donors (Lipinski definition) is 1. The first-order valence-electron chi connectivity index (χ1n) is 5.73. The summed E-state index contributed by atoms with van der Waals surface area (Å²) in [7, 11) is 0. The standard InChI is InChI=1S/C12H21NO2/c1-3-4-7-12(15)13-8-5-6-11(13)9-10(2)14/h3,10-11,14H,1,4-9H2,2H3/t10-,11-/m0/s1. The number of carbonyl (C=O) groups excluding carboxylic acids is 1. The van der Waals surface area contributed by atoms with Gasteiger partial charge in [0.2, 0.25) is 5.91 Å². The van der Waals surface area contributed by atoms with Crippen LogP contribution in [-0.4, -0.2) is 34.6 Å². The molecule has 86 valence electrons. The second-order valence-electron chi connectivity index (χ2n) is 4.30. The highest BCUT2D eigenvalue weighted by Gasteiger charge is 2.28. The number of hydrogen-bond acceptors (Lipinski definition) is 2. The van der Waals surface area contributed by atoms with Gasteiger partial charge in [0.15, 0.2) is 0 Å². The van der Waals surface area contributed by atoms with Gasteiger partial charge in [0.1, 0.15) is 0 Å². The monoisotopic (exact) mass is 211 g/mol. The zero-order valence-corrected chi connectivity index (χ0v) is 9.48. The number of aliphatic hydroxyl groups excluding tert-OH is 1. The number of carbonyl (C=O) groups is 1. The third kappa shape index (κ3) is 3.67. The fourth-order valence-electron chi connectivity index (χ4n) is 2.17. The number of rotatable bonds is 5. The van der Waals surface area contributed by atoms with E-state index in [2.05, 4.69) is 6.58 Å². The van der Waals surface area contributed by atoms with Crippen LogP contribution in [0.5, 0.6) is 0 Å². The molecule has 15 heavy (non-hydrogen) atoms. The minimum Gasteiger partial charge on any atom is -0.393 e. The lowest BCUT2D eigenvalue weighted by Crippen LogP contribution is -2.36. The second kappa shape index (κ2) is 5.91. The lowest BCUT2D eigenvalue weighted by molar-refractivity contribution is -0.132. The molecule has 1 fully saturated rings. The zero-order chi connectivity index (χ0) is 11.3. The van der Waals surface area contributed by atoms with Crippen LogP contribution >= 0.6 is 0 Å². The number of aliphatic hydroxyl groups is 1. The van der Waals surface area contributed by atoms with Crippen molar-refractivity contribution in [1.29, 1.82) is 0 Å². The summed E-state index contributed by atoms with van der Waals surface area (Å²) >= 11 is 0. The summed E-state index contributed by atoms with van der Waals surface area (Å²) < 4.78 is 0. The highest BCUT2D eigenvalue weighted by molar-refractivity contribution is 5.76. The Morgan fingerprint density at radius 3 is 3.07 bits per heavy atom. The van der Waals surface area contributed by atoms with Crippen LogP contribution in [0.25, 0.3) is 0 Å². The molecule has 0 aromatic rings. The maximum Gasteiger partial charge on any atom is 0.223 e. The molecular weight excluding hydrogens is 190 g/mol. The number of likely N-dealkylation sites (tertiary alicyclic amines) is 1. The minimum atomic E-state index is -0.317. The second-order valence-corrected chi connectivity index (χ2v) is 4.30. The van der Waals surface area contributed by atoms with Crippen LogP contribution in [0.4, 0.5) is 0 Å². The van der Waals surface area contributed by atoms with Crippen molar-refractivity contribution >= 4 is 5.91 Å².